The predicted octanol–water partition coefficient (Wildman–Crippen LogP) is 0.367. The molecule has 0 aliphatic carbocycles. The zero-order valence-electron chi connectivity index (χ0n) is 2.16. The normalized spacial score (nSPS) is 10.2. The highest BCUT2D eigenvalue weighted by molar-refractivity contribution is 7.55. The van der Waals surface area contributed by atoms with Crippen molar-refractivity contribution in [3.8, 4) is 0 Å². The molecule has 1 unspecified atom stereocenters. The van der Waals surface area contributed by atoms with Crippen LogP contribution in [0.1, 0.15) is 0 Å². The molecular weight excluding hydrogens is 109 g/mol. The van der Waals surface area contributed by atoms with Crippen molar-refractivity contribution in [2.45, 2.75) is 0 Å². The summed E-state index contributed by atoms with van der Waals surface area (Å²) in [4.78, 5) is 7.60. The molecule has 0 spiro atoms. The van der Waals surface area contributed by atoms with E-state index in [1.54, 1.807) is 0 Å². The highest BCUT2D eigenvalue weighted by Gasteiger charge is 2.00. The highest BCUT2D eigenvalue weighted by atomic mass is 32.1. The van der Waals surface area contributed by atoms with Gasteiger partial charge in [0.2, 0.25) is 0 Å². The van der Waals surface area contributed by atoms with Crippen LogP contribution in [0.15, 0.2) is 4.13 Å². The smallest absolute Gasteiger partial charge is 0.138 e. The fourth-order valence-corrected chi connectivity index (χ4v) is 0. The van der Waals surface area contributed by atoms with Crippen LogP contribution in [0, 0.1) is 0 Å². The lowest BCUT2D eigenvalue weighted by Crippen LogP contribution is -1.35. The zero-order chi connectivity index (χ0) is 4.28. The zero-order valence-corrected chi connectivity index (χ0v) is 3.87. The van der Waals surface area contributed by atoms with Crippen LogP contribution >= 0.6 is 8.18 Å². The molecule has 3 nitrogen and oxygen atoms in total. The molecule has 28 valence electrons. The van der Waals surface area contributed by atoms with E-state index >= 15 is 0 Å². The molecule has 0 radical (unpaired) electrons. The van der Waals surface area contributed by atoms with Gasteiger partial charge in [-0.2, -0.15) is 0 Å². The molecule has 0 aromatic carbocycles. The van der Waals surface area contributed by atoms with Crippen molar-refractivity contribution in [3.05, 3.63) is 0 Å². The number of rotatable bonds is 1. The summed E-state index contributed by atoms with van der Waals surface area (Å²) in [5.74, 6) is 0. The molecule has 0 aliphatic heterocycles. The molecule has 5 heteroatoms. The first-order valence-corrected chi connectivity index (χ1v) is 2.30. The molecule has 0 aromatic rings. The van der Waals surface area contributed by atoms with Crippen LogP contribution in [0.4, 0.5) is 0 Å². The Morgan fingerprint density at radius 3 is 2.20 bits per heavy atom. The summed E-state index contributed by atoms with van der Waals surface area (Å²) in [6.45, 7) is 0. The predicted molar refractivity (Wildman–Crippen MR) is 19.6 cm³/mol. The van der Waals surface area contributed by atoms with Gasteiger partial charge in [0.05, 0.1) is 16.6 Å². The van der Waals surface area contributed by atoms with Gasteiger partial charge in [-0.3, -0.25) is 0 Å². The fourth-order valence-electron chi connectivity index (χ4n) is 0. The van der Waals surface area contributed by atoms with E-state index in [0.29, 0.717) is 0 Å². The minimum Gasteiger partial charge on any atom is -0.138 e. The van der Waals surface area contributed by atoms with Crippen LogP contribution in [0.25, 0.3) is 0 Å². The summed E-state index contributed by atoms with van der Waals surface area (Å²) in [6.07, 6.45) is 0. The molecule has 1 N–H and O–H groups in total. The van der Waals surface area contributed by atoms with E-state index in [9.17, 15) is 4.57 Å². The molecule has 0 heterocycles. The van der Waals surface area contributed by atoms with Crippen LogP contribution in [0.5, 0.6) is 0 Å². The van der Waals surface area contributed by atoms with Gasteiger partial charge < -0.3 is 0 Å². The van der Waals surface area contributed by atoms with Crippen molar-refractivity contribution < 1.29 is 9.46 Å². The maximum atomic E-state index is 9.25. The van der Waals surface area contributed by atoms with Crippen molar-refractivity contribution in [1.29, 1.82) is 0 Å². The molecule has 0 aliphatic rings. The summed E-state index contributed by atoms with van der Waals surface area (Å²) in [6, 6.07) is 0. The van der Waals surface area contributed by atoms with Gasteiger partial charge in [-0.05, 0) is 0 Å². The number of hydrogen-bond acceptors (Lipinski definition) is 2. The lowest BCUT2D eigenvalue weighted by Gasteiger charge is -1.38. The Balaban J connectivity index is 3.20. The van der Waals surface area contributed by atoms with E-state index in [0.717, 1.165) is 0 Å². The van der Waals surface area contributed by atoms with Crippen molar-refractivity contribution in [2.75, 3.05) is 0 Å². The quantitative estimate of drug-likeness (QED) is 0.496. The van der Waals surface area contributed by atoms with Crippen molar-refractivity contribution in [1.82, 2.24) is 0 Å². The van der Waals surface area contributed by atoms with Crippen molar-refractivity contribution in [3.63, 3.8) is 0 Å². The summed E-state index contributed by atoms with van der Waals surface area (Å²) in [7, 11) is -2.41. The summed E-state index contributed by atoms with van der Waals surface area (Å²) in [5, 5.41) is 0. The third-order valence-corrected chi connectivity index (χ3v) is 0.629. The van der Waals surface area contributed by atoms with E-state index in [1.807, 2.05) is 0 Å². The number of hydrogen-bond donors (Lipinski definition) is 1. The van der Waals surface area contributed by atoms with Crippen molar-refractivity contribution in [2.24, 2.45) is 4.13 Å². The molecule has 0 fully saturated rings. The average molecular weight is 110 g/mol. The Morgan fingerprint density at radius 2 is 2.20 bits per heavy atom. The van der Waals surface area contributed by atoms with Gasteiger partial charge >= 0.3 is 8.18 Å². The minimum atomic E-state index is -2.41. The van der Waals surface area contributed by atoms with Gasteiger partial charge in [0.1, 0.15) is 0 Å². The lowest BCUT2D eigenvalue weighted by molar-refractivity contribution is 0.506. The molecular formula is HNO2PS+. The van der Waals surface area contributed by atoms with Gasteiger partial charge in [0.15, 0.2) is 0 Å². The summed E-state index contributed by atoms with van der Waals surface area (Å²) in [5.41, 5.74) is 0. The van der Waals surface area contributed by atoms with E-state index in [1.165, 1.54) is 0 Å². The molecule has 0 amide bonds. The third kappa shape index (κ3) is 4.08. The van der Waals surface area contributed by atoms with Crippen LogP contribution in [-0.2, 0) is 17.0 Å². The fraction of sp³-hybridized carbons (Fsp3) is 0. The van der Waals surface area contributed by atoms with E-state index < -0.39 is 8.18 Å². The molecule has 0 bridgehead atoms. The lowest BCUT2D eigenvalue weighted by atomic mass is 13.9. The minimum absolute atomic E-state index is 2.41. The Kier molecular flexibility index (Phi) is 2.36. The van der Waals surface area contributed by atoms with Crippen molar-refractivity contribution >= 4 is 20.6 Å². The molecule has 0 saturated heterocycles. The summed E-state index contributed by atoms with van der Waals surface area (Å²) < 4.78 is 11.8. The number of nitrogens with zero attached hydrogens (tertiary/aromatic N) is 1. The molecule has 0 saturated carbocycles. The Bertz CT molecular complexity index is 60.7. The van der Waals surface area contributed by atoms with Crippen LogP contribution in [0.3, 0.4) is 0 Å². The van der Waals surface area contributed by atoms with Crippen LogP contribution in [-0.4, -0.2) is 4.89 Å². The highest BCUT2D eigenvalue weighted by Crippen LogP contribution is 2.10. The maximum absolute atomic E-state index is 9.25. The largest absolute Gasteiger partial charge is 0.679 e. The van der Waals surface area contributed by atoms with Gasteiger partial charge in [-0.1, -0.05) is 0 Å². The molecule has 5 heavy (non-hydrogen) atoms. The maximum Gasteiger partial charge on any atom is 0.679 e. The second-order valence-electron chi connectivity index (χ2n) is 0.334. The van der Waals surface area contributed by atoms with E-state index in [4.69, 9.17) is 4.89 Å². The average Bonchev–Trinajstić information content (AvgIpc) is 1.38. The SMILES string of the molecule is O=[P+](O)N=S. The van der Waals surface area contributed by atoms with E-state index in [-0.39, 0.29) is 0 Å². The first-order valence-electron chi connectivity index (χ1n) is 0.765. The first-order chi connectivity index (χ1) is 2.27. The monoisotopic (exact) mass is 110 g/mol. The first kappa shape index (κ1) is 5.08. The standard InChI is InChI=1S/NO2PS/c2-4(3)1-5/p+1. The van der Waals surface area contributed by atoms with Crippen LogP contribution < -0.4 is 0 Å². The van der Waals surface area contributed by atoms with Gasteiger partial charge in [-0.25, -0.2) is 0 Å². The second kappa shape index (κ2) is 2.33. The molecule has 1 atom stereocenters. The van der Waals surface area contributed by atoms with Gasteiger partial charge in [0.25, 0.3) is 0 Å². The Morgan fingerprint density at radius 1 is 2.00 bits per heavy atom. The Hall–Kier alpha value is 0.0800. The topological polar surface area (TPSA) is 49.7 Å². The molecule has 0 aromatic heterocycles. The Labute approximate surface area is 35.1 Å². The van der Waals surface area contributed by atoms with Gasteiger partial charge in [-0.15, -0.1) is 4.89 Å². The summed E-state index contributed by atoms with van der Waals surface area (Å²) >= 11 is 3.77. The third-order valence-electron chi connectivity index (χ3n) is 0.0698. The second-order valence-corrected chi connectivity index (χ2v) is 1.49. The van der Waals surface area contributed by atoms with Crippen LogP contribution in [0.2, 0.25) is 0 Å². The molecule has 0 rings (SSSR count). The van der Waals surface area contributed by atoms with E-state index in [2.05, 4.69) is 16.6 Å². The van der Waals surface area contributed by atoms with Gasteiger partial charge in [0, 0.05) is 4.57 Å².